The van der Waals surface area contributed by atoms with Crippen LogP contribution in [-0.2, 0) is 4.74 Å². The summed E-state index contributed by atoms with van der Waals surface area (Å²) in [5.41, 5.74) is 2.35. The van der Waals surface area contributed by atoms with Gasteiger partial charge in [0.05, 0.1) is 37.4 Å². The zero-order valence-corrected chi connectivity index (χ0v) is 15.6. The van der Waals surface area contributed by atoms with Gasteiger partial charge in [0.25, 0.3) is 5.91 Å². The number of pyridine rings is 1. The molecule has 4 rings (SSSR count). The van der Waals surface area contributed by atoms with Gasteiger partial charge in [0.1, 0.15) is 5.75 Å². The minimum absolute atomic E-state index is 0.0814. The van der Waals surface area contributed by atoms with E-state index in [2.05, 4.69) is 16.9 Å². The Bertz CT molecular complexity index is 838. The Morgan fingerprint density at radius 2 is 2.08 bits per heavy atom. The molecular formula is C20H25N3O3. The molecule has 2 aliphatic rings. The van der Waals surface area contributed by atoms with Crippen LogP contribution in [0.1, 0.15) is 16.1 Å². The first-order valence-electron chi connectivity index (χ1n) is 9.08. The minimum atomic E-state index is 0.0814. The number of hydrogen-bond acceptors (Lipinski definition) is 5. The van der Waals surface area contributed by atoms with Gasteiger partial charge in [-0.25, -0.2) is 0 Å². The van der Waals surface area contributed by atoms with Gasteiger partial charge in [-0.1, -0.05) is 0 Å². The van der Waals surface area contributed by atoms with Gasteiger partial charge < -0.3 is 14.4 Å². The maximum atomic E-state index is 13.4. The number of fused-ring (bicyclic) bond motifs is 4. The number of ether oxygens (including phenoxy) is 2. The lowest BCUT2D eigenvalue weighted by molar-refractivity contribution is 0.0435. The summed E-state index contributed by atoms with van der Waals surface area (Å²) >= 11 is 0. The van der Waals surface area contributed by atoms with Crippen molar-refractivity contribution in [1.29, 1.82) is 0 Å². The molecule has 6 heteroatoms. The van der Waals surface area contributed by atoms with Gasteiger partial charge in [-0.2, -0.15) is 0 Å². The van der Waals surface area contributed by atoms with E-state index >= 15 is 0 Å². The molecule has 1 aromatic heterocycles. The van der Waals surface area contributed by atoms with Crippen molar-refractivity contribution in [3.8, 4) is 5.75 Å². The number of benzene rings is 1. The van der Waals surface area contributed by atoms with Crippen LogP contribution in [0.4, 0.5) is 0 Å². The molecule has 3 heterocycles. The van der Waals surface area contributed by atoms with Crippen LogP contribution in [0.2, 0.25) is 0 Å². The van der Waals surface area contributed by atoms with Crippen molar-refractivity contribution < 1.29 is 14.3 Å². The van der Waals surface area contributed by atoms with Crippen LogP contribution in [0.15, 0.2) is 24.3 Å². The third-order valence-corrected chi connectivity index (χ3v) is 5.41. The number of carbonyl (C=O) groups is 1. The number of methoxy groups -OCH3 is 1. The van der Waals surface area contributed by atoms with Crippen molar-refractivity contribution in [2.75, 3.05) is 47.0 Å². The first-order chi connectivity index (χ1) is 12.5. The van der Waals surface area contributed by atoms with E-state index in [0.717, 1.165) is 47.6 Å². The summed E-state index contributed by atoms with van der Waals surface area (Å²) in [6.07, 6.45) is 0. The molecule has 2 aromatic rings. The van der Waals surface area contributed by atoms with Crippen LogP contribution < -0.4 is 4.74 Å². The van der Waals surface area contributed by atoms with E-state index in [1.165, 1.54) is 0 Å². The first kappa shape index (κ1) is 17.2. The summed E-state index contributed by atoms with van der Waals surface area (Å²) in [6.45, 7) is 5.74. The second kappa shape index (κ2) is 6.85. The van der Waals surface area contributed by atoms with Gasteiger partial charge in [0.15, 0.2) is 0 Å². The van der Waals surface area contributed by atoms with Crippen molar-refractivity contribution >= 4 is 16.8 Å². The molecule has 2 fully saturated rings. The van der Waals surface area contributed by atoms with Gasteiger partial charge in [-0.05, 0) is 32.2 Å². The van der Waals surface area contributed by atoms with Gasteiger partial charge in [0.2, 0.25) is 0 Å². The summed E-state index contributed by atoms with van der Waals surface area (Å²) in [5.74, 6) is 1.18. The van der Waals surface area contributed by atoms with Crippen LogP contribution in [0.3, 0.4) is 0 Å². The average molecular weight is 355 g/mol. The molecule has 1 amide bonds. The maximum absolute atomic E-state index is 13.4. The van der Waals surface area contributed by atoms with Crippen LogP contribution in [0.5, 0.6) is 5.75 Å². The number of aryl methyl sites for hydroxylation is 1. The van der Waals surface area contributed by atoms with Crippen LogP contribution >= 0.6 is 0 Å². The quantitative estimate of drug-likeness (QED) is 0.824. The van der Waals surface area contributed by atoms with Crippen molar-refractivity contribution in [3.63, 3.8) is 0 Å². The number of carbonyl (C=O) groups excluding carboxylic acids is 1. The van der Waals surface area contributed by atoms with Crippen LogP contribution in [0, 0.1) is 12.8 Å². The molecule has 1 aromatic carbocycles. The van der Waals surface area contributed by atoms with Crippen molar-refractivity contribution in [2.45, 2.75) is 13.0 Å². The third kappa shape index (κ3) is 3.15. The fourth-order valence-corrected chi connectivity index (χ4v) is 4.03. The first-order valence-corrected chi connectivity index (χ1v) is 9.08. The highest BCUT2D eigenvalue weighted by Crippen LogP contribution is 2.26. The SMILES string of the molecule is COc1ccc2c(C(=O)N3C[C@@H]4COC[C@H](C3)N(C)C4)cc(C)nc2c1. The van der Waals surface area contributed by atoms with Crippen LogP contribution in [-0.4, -0.2) is 73.7 Å². The fourth-order valence-electron chi connectivity index (χ4n) is 4.03. The molecule has 2 saturated heterocycles. The molecule has 0 N–H and O–H groups in total. The van der Waals surface area contributed by atoms with Gasteiger partial charge in [0, 0.05) is 42.7 Å². The minimum Gasteiger partial charge on any atom is -0.497 e. The van der Waals surface area contributed by atoms with Crippen molar-refractivity contribution in [1.82, 2.24) is 14.8 Å². The molecule has 2 atom stereocenters. The van der Waals surface area contributed by atoms with E-state index in [-0.39, 0.29) is 11.9 Å². The van der Waals surface area contributed by atoms with Crippen LogP contribution in [0.25, 0.3) is 10.9 Å². The maximum Gasteiger partial charge on any atom is 0.254 e. The molecule has 6 nitrogen and oxygen atoms in total. The molecule has 2 bridgehead atoms. The number of aromatic nitrogens is 1. The lowest BCUT2D eigenvalue weighted by Gasteiger charge is -2.30. The second-order valence-corrected chi connectivity index (χ2v) is 7.40. The van der Waals surface area contributed by atoms with E-state index in [0.29, 0.717) is 19.1 Å². The summed E-state index contributed by atoms with van der Waals surface area (Å²) in [6, 6.07) is 7.85. The lowest BCUT2D eigenvalue weighted by atomic mass is 10.0. The Labute approximate surface area is 153 Å². The van der Waals surface area contributed by atoms with E-state index < -0.39 is 0 Å². The molecule has 26 heavy (non-hydrogen) atoms. The molecule has 0 unspecified atom stereocenters. The highest BCUT2D eigenvalue weighted by atomic mass is 16.5. The number of amides is 1. The summed E-state index contributed by atoms with van der Waals surface area (Å²) in [7, 11) is 3.76. The number of nitrogens with zero attached hydrogens (tertiary/aromatic N) is 3. The Hall–Kier alpha value is -2.18. The van der Waals surface area contributed by atoms with Gasteiger partial charge in [-0.3, -0.25) is 14.7 Å². The Morgan fingerprint density at radius 3 is 2.88 bits per heavy atom. The molecule has 2 aliphatic heterocycles. The second-order valence-electron chi connectivity index (χ2n) is 7.40. The van der Waals surface area contributed by atoms with E-state index in [4.69, 9.17) is 9.47 Å². The summed E-state index contributed by atoms with van der Waals surface area (Å²) < 4.78 is 11.1. The van der Waals surface area contributed by atoms with Crippen molar-refractivity contribution in [2.24, 2.45) is 5.92 Å². The van der Waals surface area contributed by atoms with Gasteiger partial charge in [-0.15, -0.1) is 0 Å². The standard InChI is InChI=1S/C20H25N3O3/c1-13-6-18(17-5-4-16(25-3)7-19(17)21-13)20(24)23-9-14-8-22(2)15(10-23)12-26-11-14/h4-7,14-15H,8-12H2,1-3H3/t14-,15+/m1/s1. The number of likely N-dealkylation sites (N-methyl/N-ethyl adjacent to an activating group) is 1. The molecule has 0 aliphatic carbocycles. The van der Waals surface area contributed by atoms with E-state index in [1.54, 1.807) is 7.11 Å². The monoisotopic (exact) mass is 355 g/mol. The van der Waals surface area contributed by atoms with E-state index in [1.807, 2.05) is 36.1 Å². The molecule has 0 saturated carbocycles. The largest absolute Gasteiger partial charge is 0.497 e. The summed E-state index contributed by atoms with van der Waals surface area (Å²) in [4.78, 5) is 22.3. The average Bonchev–Trinajstić information content (AvgIpc) is 2.88. The Kier molecular flexibility index (Phi) is 4.54. The lowest BCUT2D eigenvalue weighted by Crippen LogP contribution is -2.44. The zero-order valence-electron chi connectivity index (χ0n) is 15.6. The highest BCUT2D eigenvalue weighted by molar-refractivity contribution is 6.06. The summed E-state index contributed by atoms with van der Waals surface area (Å²) in [5, 5.41) is 0.875. The molecule has 0 spiro atoms. The topological polar surface area (TPSA) is 54.9 Å². The predicted molar refractivity (Wildman–Crippen MR) is 99.7 cm³/mol. The smallest absolute Gasteiger partial charge is 0.254 e. The third-order valence-electron chi connectivity index (χ3n) is 5.41. The van der Waals surface area contributed by atoms with E-state index in [9.17, 15) is 4.79 Å². The Balaban J connectivity index is 1.72. The zero-order chi connectivity index (χ0) is 18.3. The normalized spacial score (nSPS) is 23.7. The Morgan fingerprint density at radius 1 is 1.23 bits per heavy atom. The molecule has 138 valence electrons. The predicted octanol–water partition coefficient (Wildman–Crippen LogP) is 1.95. The van der Waals surface area contributed by atoms with Gasteiger partial charge >= 0.3 is 0 Å². The highest BCUT2D eigenvalue weighted by Gasteiger charge is 2.34. The fraction of sp³-hybridized carbons (Fsp3) is 0.500. The van der Waals surface area contributed by atoms with Crippen molar-refractivity contribution in [3.05, 3.63) is 35.5 Å². The molecule has 0 radical (unpaired) electrons. The molecular weight excluding hydrogens is 330 g/mol. The number of rotatable bonds is 2. The number of hydrogen-bond donors (Lipinski definition) is 0.